The quantitative estimate of drug-likeness (QED) is 0.0320. The molecule has 2 atom stereocenters. The van der Waals surface area contributed by atoms with Gasteiger partial charge in [0.2, 0.25) is 5.91 Å². The largest absolute Gasteiger partial charge is 0.466 e. The number of hydrogen-bond donors (Lipinski definition) is 3. The highest BCUT2D eigenvalue weighted by molar-refractivity contribution is 5.76. The van der Waals surface area contributed by atoms with E-state index in [2.05, 4.69) is 55.6 Å². The lowest BCUT2D eigenvalue weighted by Crippen LogP contribution is -2.45. The van der Waals surface area contributed by atoms with Crippen molar-refractivity contribution in [3.8, 4) is 0 Å². The minimum Gasteiger partial charge on any atom is -0.466 e. The Morgan fingerprint density at radius 2 is 0.532 bits per heavy atom. The molecule has 0 radical (unpaired) electrons. The van der Waals surface area contributed by atoms with Gasteiger partial charge in [0.05, 0.1) is 25.4 Å². The smallest absolute Gasteiger partial charge is 0.305 e. The summed E-state index contributed by atoms with van der Waals surface area (Å²) in [6, 6.07) is -0.540. The molecule has 0 fully saturated rings. The molecule has 0 bridgehead atoms. The van der Waals surface area contributed by atoms with Crippen molar-refractivity contribution in [1.82, 2.24) is 5.32 Å². The average Bonchev–Trinajstić information content (AvgIpc) is 3.79. The normalized spacial score (nSPS) is 12.6. The summed E-state index contributed by atoms with van der Waals surface area (Å²) in [4.78, 5) is 24.7. The van der Waals surface area contributed by atoms with Gasteiger partial charge in [-0.1, -0.05) is 429 Å². The van der Waals surface area contributed by atoms with E-state index < -0.39 is 12.1 Å². The van der Waals surface area contributed by atoms with Crippen molar-refractivity contribution in [3.05, 3.63) is 36.5 Å². The van der Waals surface area contributed by atoms with Crippen molar-refractivity contribution in [2.45, 2.75) is 501 Å². The lowest BCUT2D eigenvalue weighted by molar-refractivity contribution is -0.143. The molecule has 0 aromatic heterocycles. The number of allylic oxidation sites excluding steroid dienone is 6. The van der Waals surface area contributed by atoms with Crippen molar-refractivity contribution < 1.29 is 24.5 Å². The number of aliphatic hydroxyl groups excluding tert-OH is 2. The zero-order valence-corrected chi connectivity index (χ0v) is 64.0. The van der Waals surface area contributed by atoms with Gasteiger partial charge in [-0.25, -0.2) is 0 Å². The van der Waals surface area contributed by atoms with E-state index in [9.17, 15) is 19.8 Å². The number of unbranched alkanes of at least 4 members (excludes halogenated alkanes) is 65. The summed E-state index contributed by atoms with van der Waals surface area (Å²) < 4.78 is 5.51. The van der Waals surface area contributed by atoms with Gasteiger partial charge in [0.1, 0.15) is 0 Å². The van der Waals surface area contributed by atoms with Gasteiger partial charge in [0, 0.05) is 12.8 Å². The van der Waals surface area contributed by atoms with Crippen LogP contribution in [0.15, 0.2) is 36.5 Å². The molecule has 0 aliphatic rings. The molecule has 0 aromatic rings. The first-order valence-electron chi connectivity index (χ1n) is 43.2. The molecule has 0 rings (SSSR count). The van der Waals surface area contributed by atoms with Gasteiger partial charge in [0.15, 0.2) is 0 Å². The van der Waals surface area contributed by atoms with Crippen LogP contribution < -0.4 is 5.32 Å². The molecule has 3 N–H and O–H groups in total. The third-order valence-corrected chi connectivity index (χ3v) is 20.4. The fourth-order valence-electron chi connectivity index (χ4n) is 13.8. The molecule has 0 aromatic carbocycles. The van der Waals surface area contributed by atoms with Crippen LogP contribution in [0.1, 0.15) is 489 Å². The van der Waals surface area contributed by atoms with Gasteiger partial charge < -0.3 is 20.3 Å². The highest BCUT2D eigenvalue weighted by Crippen LogP contribution is 2.21. The van der Waals surface area contributed by atoms with Crippen molar-refractivity contribution in [1.29, 1.82) is 0 Å². The Bertz CT molecular complexity index is 1520. The molecule has 0 spiro atoms. The highest BCUT2D eigenvalue weighted by atomic mass is 16.5. The minimum absolute atomic E-state index is 0.0146. The molecule has 6 nitrogen and oxygen atoms in total. The second-order valence-electron chi connectivity index (χ2n) is 29.9. The number of carbonyl (C=O) groups excluding carboxylic acids is 2. The number of esters is 1. The van der Waals surface area contributed by atoms with E-state index in [4.69, 9.17) is 4.74 Å². The number of amides is 1. The molecule has 0 saturated heterocycles. The maximum Gasteiger partial charge on any atom is 0.305 e. The average molecular weight is 1320 g/mol. The molecular formula is C88H169NO5. The second kappa shape index (κ2) is 83.5. The predicted molar refractivity (Wildman–Crippen MR) is 416 cm³/mol. The van der Waals surface area contributed by atoms with E-state index in [1.807, 2.05) is 0 Å². The van der Waals surface area contributed by atoms with Crippen molar-refractivity contribution in [2.75, 3.05) is 13.2 Å². The maximum atomic E-state index is 12.6. The van der Waals surface area contributed by atoms with Crippen LogP contribution in [0.25, 0.3) is 0 Å². The molecule has 94 heavy (non-hydrogen) atoms. The van der Waals surface area contributed by atoms with Gasteiger partial charge in [-0.05, 0) is 83.5 Å². The standard InChI is InChI=1S/C88H169NO5/c1-3-5-7-9-11-13-15-17-19-21-22-23-39-42-45-49-52-56-60-64-68-72-76-80-86(91)85(84-90)89-87(92)81-77-73-69-65-61-57-53-50-46-43-40-37-35-33-31-29-27-25-24-26-28-30-32-34-36-38-41-44-47-51-55-59-63-67-71-75-79-83-94-88(93)82-78-74-70-66-62-58-54-48-20-18-16-14-12-10-8-6-4-2/h12,14,18,20,24,26,85-86,90-91H,3-11,13,15-17,19,21-23,25,27-84H2,1-2H3,(H,89,92)/b14-12-,20-18-,26-24-. The zero-order chi connectivity index (χ0) is 67.7. The van der Waals surface area contributed by atoms with Gasteiger partial charge in [0.25, 0.3) is 0 Å². The summed E-state index contributed by atoms with van der Waals surface area (Å²) in [5.74, 6) is -0.0106. The number of nitrogens with one attached hydrogen (secondary N) is 1. The summed E-state index contributed by atoms with van der Waals surface area (Å²) in [6.45, 7) is 4.98. The lowest BCUT2D eigenvalue weighted by atomic mass is 10.0. The van der Waals surface area contributed by atoms with E-state index in [0.717, 1.165) is 51.4 Å². The van der Waals surface area contributed by atoms with Gasteiger partial charge in [-0.2, -0.15) is 0 Å². The zero-order valence-electron chi connectivity index (χ0n) is 64.0. The summed E-state index contributed by atoms with van der Waals surface area (Å²) >= 11 is 0. The molecule has 6 heteroatoms. The molecule has 0 aliphatic carbocycles. The third kappa shape index (κ3) is 79.1. The summed E-state index contributed by atoms with van der Waals surface area (Å²) in [6.07, 6.45) is 110. The van der Waals surface area contributed by atoms with Crippen LogP contribution in [0.2, 0.25) is 0 Å². The van der Waals surface area contributed by atoms with Gasteiger partial charge in [-0.15, -0.1) is 0 Å². The Kier molecular flexibility index (Phi) is 81.8. The fourth-order valence-corrected chi connectivity index (χ4v) is 13.8. The molecule has 1 amide bonds. The summed E-state index contributed by atoms with van der Waals surface area (Å²) in [7, 11) is 0. The topological polar surface area (TPSA) is 95.9 Å². The van der Waals surface area contributed by atoms with E-state index in [0.29, 0.717) is 25.9 Å². The van der Waals surface area contributed by atoms with Crippen molar-refractivity contribution in [3.63, 3.8) is 0 Å². The van der Waals surface area contributed by atoms with Crippen molar-refractivity contribution >= 4 is 11.9 Å². The van der Waals surface area contributed by atoms with Crippen LogP contribution in [-0.2, 0) is 14.3 Å². The number of rotatable bonds is 82. The molecule has 2 unspecified atom stereocenters. The predicted octanol–water partition coefficient (Wildman–Crippen LogP) is 28.9. The Morgan fingerprint density at radius 1 is 0.298 bits per heavy atom. The van der Waals surface area contributed by atoms with Gasteiger partial charge >= 0.3 is 5.97 Å². The Hall–Kier alpha value is -1.92. The SMILES string of the molecule is CCCCC/C=C\C/C=C\CCCCCCCCCC(=O)OCCCCCCCCCCCCCCCCCC/C=C\CCCCCCCCCCCCCCCCCCCC(=O)NC(CO)C(O)CCCCCCCCCCCCCCCCCCCCCCCCC. The number of aliphatic hydroxyl groups is 2. The first-order valence-corrected chi connectivity index (χ1v) is 43.2. The highest BCUT2D eigenvalue weighted by Gasteiger charge is 2.20. The number of hydrogen-bond acceptors (Lipinski definition) is 5. The van der Waals surface area contributed by atoms with E-state index in [-0.39, 0.29) is 18.5 Å². The lowest BCUT2D eigenvalue weighted by Gasteiger charge is -2.22. The van der Waals surface area contributed by atoms with Crippen LogP contribution in [-0.4, -0.2) is 47.4 Å². The summed E-state index contributed by atoms with van der Waals surface area (Å²) in [5, 5.41) is 23.5. The Balaban J connectivity index is 3.33. The van der Waals surface area contributed by atoms with Crippen LogP contribution in [0.5, 0.6) is 0 Å². The molecule has 0 aliphatic heterocycles. The third-order valence-electron chi connectivity index (χ3n) is 20.4. The monoisotopic (exact) mass is 1320 g/mol. The van der Waals surface area contributed by atoms with Crippen LogP contribution in [0, 0.1) is 0 Å². The molecular weight excluding hydrogens is 1150 g/mol. The first-order chi connectivity index (χ1) is 46.5. The molecule has 556 valence electrons. The maximum absolute atomic E-state index is 12.6. The van der Waals surface area contributed by atoms with E-state index in [1.165, 1.54) is 405 Å². The van der Waals surface area contributed by atoms with E-state index >= 15 is 0 Å². The number of carbonyl (C=O) groups is 2. The van der Waals surface area contributed by atoms with Crippen molar-refractivity contribution in [2.24, 2.45) is 0 Å². The van der Waals surface area contributed by atoms with Crippen LogP contribution >= 0.6 is 0 Å². The Morgan fingerprint density at radius 3 is 0.840 bits per heavy atom. The first kappa shape index (κ1) is 92.1. The van der Waals surface area contributed by atoms with Gasteiger partial charge in [-0.3, -0.25) is 9.59 Å². The second-order valence-corrected chi connectivity index (χ2v) is 29.9. The van der Waals surface area contributed by atoms with Crippen LogP contribution in [0.3, 0.4) is 0 Å². The van der Waals surface area contributed by atoms with Crippen LogP contribution in [0.4, 0.5) is 0 Å². The number of ether oxygens (including phenoxy) is 1. The fraction of sp³-hybridized carbons (Fsp3) is 0.909. The Labute approximate surface area is 589 Å². The molecule has 0 heterocycles. The minimum atomic E-state index is -0.663. The molecule has 0 saturated carbocycles. The van der Waals surface area contributed by atoms with E-state index in [1.54, 1.807) is 0 Å². The summed E-state index contributed by atoms with van der Waals surface area (Å²) in [5.41, 5.74) is 0.